The predicted octanol–water partition coefficient (Wildman–Crippen LogP) is 3.18. The van der Waals surface area contributed by atoms with Gasteiger partial charge in [-0.05, 0) is 49.2 Å². The number of hydrogen-bond acceptors (Lipinski definition) is 6. The zero-order valence-electron chi connectivity index (χ0n) is 16.6. The Kier molecular flexibility index (Phi) is 6.05. The Bertz CT molecular complexity index is 1150. The van der Waals surface area contributed by atoms with Crippen molar-refractivity contribution in [1.29, 1.82) is 0 Å². The van der Waals surface area contributed by atoms with Crippen LogP contribution in [0.3, 0.4) is 0 Å². The third-order valence-corrected chi connectivity index (χ3v) is 7.98. The molecule has 164 valence electrons. The SMILES string of the molecule is COc1ccc(NS(=O)(=O)c2ccc3c(c2)NC(=O)C(C(=O)N2CCCC2)S3)cc1Cl. The number of thioether (sulfide) groups is 1. The number of benzene rings is 2. The Morgan fingerprint density at radius 3 is 2.65 bits per heavy atom. The Labute approximate surface area is 189 Å². The third-order valence-electron chi connectivity index (χ3n) is 5.05. The number of sulfonamides is 1. The number of likely N-dealkylation sites (tertiary alicyclic amines) is 1. The van der Waals surface area contributed by atoms with Gasteiger partial charge in [-0.15, -0.1) is 11.8 Å². The Balaban J connectivity index is 1.54. The van der Waals surface area contributed by atoms with Crippen LogP contribution in [-0.4, -0.2) is 50.6 Å². The van der Waals surface area contributed by atoms with Gasteiger partial charge < -0.3 is 15.0 Å². The molecule has 2 aromatic carbocycles. The fraction of sp³-hybridized carbons (Fsp3) is 0.300. The van der Waals surface area contributed by atoms with Crippen molar-refractivity contribution in [2.24, 2.45) is 0 Å². The van der Waals surface area contributed by atoms with Gasteiger partial charge in [0, 0.05) is 18.0 Å². The van der Waals surface area contributed by atoms with E-state index in [0.717, 1.165) is 24.6 Å². The molecule has 0 aromatic heterocycles. The molecule has 1 atom stereocenters. The van der Waals surface area contributed by atoms with Crippen LogP contribution in [0.2, 0.25) is 5.02 Å². The van der Waals surface area contributed by atoms with Crippen molar-refractivity contribution in [3.05, 3.63) is 41.4 Å². The van der Waals surface area contributed by atoms with Crippen molar-refractivity contribution >= 4 is 56.6 Å². The molecule has 2 aromatic rings. The molecular formula is C20H20ClN3O5S2. The van der Waals surface area contributed by atoms with Crippen molar-refractivity contribution in [2.75, 3.05) is 30.2 Å². The van der Waals surface area contributed by atoms with Crippen molar-refractivity contribution in [3.8, 4) is 5.75 Å². The quantitative estimate of drug-likeness (QED) is 0.635. The number of nitrogens with one attached hydrogen (secondary N) is 2. The highest BCUT2D eigenvalue weighted by Crippen LogP contribution is 2.38. The third kappa shape index (κ3) is 4.46. The molecular weight excluding hydrogens is 462 g/mol. The summed E-state index contributed by atoms with van der Waals surface area (Å²) in [4.78, 5) is 27.5. The van der Waals surface area contributed by atoms with E-state index >= 15 is 0 Å². The minimum absolute atomic E-state index is 0.0246. The van der Waals surface area contributed by atoms with E-state index in [1.807, 2.05) is 0 Å². The number of halogens is 1. The normalized spacial score (nSPS) is 18.3. The molecule has 2 heterocycles. The summed E-state index contributed by atoms with van der Waals surface area (Å²) in [6, 6.07) is 8.95. The summed E-state index contributed by atoms with van der Waals surface area (Å²) < 4.78 is 33.2. The molecule has 31 heavy (non-hydrogen) atoms. The van der Waals surface area contributed by atoms with Gasteiger partial charge in [0.1, 0.15) is 5.75 Å². The Morgan fingerprint density at radius 2 is 1.97 bits per heavy atom. The molecule has 2 aliphatic rings. The van der Waals surface area contributed by atoms with Crippen LogP contribution in [0.4, 0.5) is 11.4 Å². The summed E-state index contributed by atoms with van der Waals surface area (Å²) in [5, 5.41) is 2.08. The first kappa shape index (κ1) is 21.8. The number of carbonyl (C=O) groups is 2. The fourth-order valence-corrected chi connectivity index (χ4v) is 5.85. The van der Waals surface area contributed by atoms with Crippen LogP contribution in [0.15, 0.2) is 46.2 Å². The number of amides is 2. The Hall–Kier alpha value is -2.43. The van der Waals surface area contributed by atoms with Gasteiger partial charge in [0.15, 0.2) is 5.25 Å². The van der Waals surface area contributed by atoms with E-state index in [0.29, 0.717) is 29.4 Å². The van der Waals surface area contributed by atoms with Crippen LogP contribution in [0, 0.1) is 0 Å². The van der Waals surface area contributed by atoms with Crippen LogP contribution in [0.5, 0.6) is 5.75 Å². The second-order valence-corrected chi connectivity index (χ2v) is 10.4. The van der Waals surface area contributed by atoms with Crippen LogP contribution >= 0.6 is 23.4 Å². The standard InChI is InChI=1S/C20H20ClN3O5S2/c1-29-16-6-4-12(10-14(16)21)23-31(27,28)13-5-7-17-15(11-13)22-19(25)18(30-17)20(26)24-8-2-3-9-24/h4-7,10-11,18,23H,2-3,8-9H2,1H3,(H,22,25). The molecule has 0 radical (unpaired) electrons. The lowest BCUT2D eigenvalue weighted by Crippen LogP contribution is -2.43. The van der Waals surface area contributed by atoms with Gasteiger partial charge in [-0.2, -0.15) is 0 Å². The molecule has 0 aliphatic carbocycles. The van der Waals surface area contributed by atoms with Crippen LogP contribution in [0.25, 0.3) is 0 Å². The lowest BCUT2D eigenvalue weighted by molar-refractivity contribution is -0.133. The van der Waals surface area contributed by atoms with Crippen molar-refractivity contribution in [1.82, 2.24) is 4.90 Å². The molecule has 2 aliphatic heterocycles. The first-order valence-electron chi connectivity index (χ1n) is 9.55. The average molecular weight is 482 g/mol. The molecule has 2 N–H and O–H groups in total. The molecule has 1 saturated heterocycles. The molecule has 8 nitrogen and oxygen atoms in total. The maximum absolute atomic E-state index is 12.8. The van der Waals surface area contributed by atoms with E-state index < -0.39 is 21.2 Å². The molecule has 0 spiro atoms. The maximum atomic E-state index is 12.8. The lowest BCUT2D eigenvalue weighted by Gasteiger charge is -2.27. The van der Waals surface area contributed by atoms with Gasteiger partial charge >= 0.3 is 0 Å². The topological polar surface area (TPSA) is 105 Å². The first-order valence-corrected chi connectivity index (χ1v) is 12.3. The number of ether oxygens (including phenoxy) is 1. The summed E-state index contributed by atoms with van der Waals surface area (Å²) in [6.07, 6.45) is 1.88. The molecule has 11 heteroatoms. The van der Waals surface area contributed by atoms with E-state index in [1.165, 1.54) is 31.4 Å². The number of fused-ring (bicyclic) bond motifs is 1. The van der Waals surface area contributed by atoms with Gasteiger partial charge in [0.2, 0.25) is 11.8 Å². The zero-order chi connectivity index (χ0) is 22.2. The number of rotatable bonds is 5. The predicted molar refractivity (Wildman–Crippen MR) is 119 cm³/mol. The number of nitrogens with zero attached hydrogens (tertiary/aromatic N) is 1. The minimum atomic E-state index is -3.93. The number of methoxy groups -OCH3 is 1. The number of hydrogen-bond donors (Lipinski definition) is 2. The van der Waals surface area contributed by atoms with Gasteiger partial charge in [0.05, 0.1) is 28.4 Å². The molecule has 0 bridgehead atoms. The van der Waals surface area contributed by atoms with Crippen LogP contribution < -0.4 is 14.8 Å². The molecule has 1 unspecified atom stereocenters. The highest BCUT2D eigenvalue weighted by Gasteiger charge is 2.37. The second-order valence-electron chi connectivity index (χ2n) is 7.13. The smallest absolute Gasteiger partial charge is 0.261 e. The van der Waals surface area contributed by atoms with Crippen molar-refractivity contribution < 1.29 is 22.7 Å². The van der Waals surface area contributed by atoms with E-state index in [-0.39, 0.29) is 21.5 Å². The summed E-state index contributed by atoms with van der Waals surface area (Å²) in [7, 11) is -2.46. The minimum Gasteiger partial charge on any atom is -0.495 e. The highest BCUT2D eigenvalue weighted by molar-refractivity contribution is 8.01. The summed E-state index contributed by atoms with van der Waals surface area (Å²) in [5.41, 5.74) is 0.634. The van der Waals surface area contributed by atoms with E-state index in [2.05, 4.69) is 10.0 Å². The molecule has 0 saturated carbocycles. The number of carbonyl (C=O) groups excluding carboxylic acids is 2. The van der Waals surface area contributed by atoms with E-state index in [9.17, 15) is 18.0 Å². The second kappa shape index (κ2) is 8.60. The van der Waals surface area contributed by atoms with Crippen molar-refractivity contribution in [3.63, 3.8) is 0 Å². The van der Waals surface area contributed by atoms with E-state index in [4.69, 9.17) is 16.3 Å². The monoisotopic (exact) mass is 481 g/mol. The fourth-order valence-electron chi connectivity index (χ4n) is 3.47. The number of anilines is 2. The van der Waals surface area contributed by atoms with Gasteiger partial charge in [-0.1, -0.05) is 11.6 Å². The summed E-state index contributed by atoms with van der Waals surface area (Å²) >= 11 is 7.20. The van der Waals surface area contributed by atoms with Crippen molar-refractivity contribution in [2.45, 2.75) is 27.9 Å². The lowest BCUT2D eigenvalue weighted by atomic mass is 10.2. The van der Waals surface area contributed by atoms with Gasteiger partial charge in [-0.3, -0.25) is 14.3 Å². The largest absolute Gasteiger partial charge is 0.495 e. The van der Waals surface area contributed by atoms with Crippen LogP contribution in [0.1, 0.15) is 12.8 Å². The molecule has 1 fully saturated rings. The maximum Gasteiger partial charge on any atom is 0.261 e. The summed E-state index contributed by atoms with van der Waals surface area (Å²) in [6.45, 7) is 1.32. The van der Waals surface area contributed by atoms with Crippen LogP contribution in [-0.2, 0) is 19.6 Å². The average Bonchev–Trinajstić information content (AvgIpc) is 3.27. The molecule has 2 amide bonds. The highest BCUT2D eigenvalue weighted by atomic mass is 35.5. The Morgan fingerprint density at radius 1 is 1.23 bits per heavy atom. The van der Waals surface area contributed by atoms with E-state index in [1.54, 1.807) is 17.0 Å². The molecule has 4 rings (SSSR count). The van der Waals surface area contributed by atoms with Gasteiger partial charge in [-0.25, -0.2) is 8.42 Å². The zero-order valence-corrected chi connectivity index (χ0v) is 18.9. The summed E-state index contributed by atoms with van der Waals surface area (Å²) in [5.74, 6) is -0.226. The first-order chi connectivity index (χ1) is 14.8. The van der Waals surface area contributed by atoms with Gasteiger partial charge in [0.25, 0.3) is 10.0 Å².